The van der Waals surface area contributed by atoms with Crippen molar-refractivity contribution in [2.24, 2.45) is 11.8 Å². The molecule has 1 atom stereocenters. The molecule has 182 valence electrons. The number of carboxylic acid groups (broad SMARTS) is 1. The maximum absolute atomic E-state index is 12.3. The van der Waals surface area contributed by atoms with Gasteiger partial charge in [-0.2, -0.15) is 0 Å². The first-order valence-electron chi connectivity index (χ1n) is 11.3. The van der Waals surface area contributed by atoms with E-state index in [1.165, 1.54) is 0 Å². The molecular weight excluding hydrogens is 458 g/mol. The Labute approximate surface area is 203 Å². The molecule has 0 spiro atoms. The molecule has 3 rings (SSSR count). The second kappa shape index (κ2) is 10.9. The van der Waals surface area contributed by atoms with E-state index in [9.17, 15) is 14.7 Å². The molecule has 0 aliphatic carbocycles. The van der Waals surface area contributed by atoms with Gasteiger partial charge in [0, 0.05) is 36.7 Å². The van der Waals surface area contributed by atoms with Gasteiger partial charge < -0.3 is 20.1 Å². The molecule has 9 nitrogen and oxygen atoms in total. The quantitative estimate of drug-likeness (QED) is 0.333. The largest absolute Gasteiger partial charge is 0.481 e. The first-order valence-corrected chi connectivity index (χ1v) is 11.6. The second-order valence-electron chi connectivity index (χ2n) is 8.93. The number of hydrogen-bond donors (Lipinski definition) is 3. The van der Waals surface area contributed by atoms with Crippen LogP contribution in [0.3, 0.4) is 0 Å². The van der Waals surface area contributed by atoms with Crippen molar-refractivity contribution >= 4 is 46.0 Å². The molecule has 3 N–H and O–H groups in total. The Morgan fingerprint density at radius 3 is 2.47 bits per heavy atom. The van der Waals surface area contributed by atoms with Crippen LogP contribution in [0.5, 0.6) is 0 Å². The number of nitrogens with one attached hydrogen (secondary N) is 1. The number of aliphatic carboxylic acids is 1. The number of aliphatic hydroxyl groups excluding tert-OH is 1. The van der Waals surface area contributed by atoms with E-state index in [-0.39, 0.29) is 53.7 Å². The highest BCUT2D eigenvalue weighted by atomic mass is 35.5. The average Bonchev–Trinajstić information content (AvgIpc) is 3.20. The molecule has 0 radical (unpaired) electrons. The lowest BCUT2D eigenvalue weighted by Gasteiger charge is -2.18. The summed E-state index contributed by atoms with van der Waals surface area (Å²) in [5, 5.41) is 22.0. The molecule has 0 amide bonds. The number of aliphatic hydroxyl groups is 1. The van der Waals surface area contributed by atoms with E-state index in [2.05, 4.69) is 24.1 Å². The van der Waals surface area contributed by atoms with Crippen LogP contribution in [-0.4, -0.2) is 48.1 Å². The number of fused-ring (bicyclic) bond motifs is 1. The monoisotopic (exact) mass is 487 g/mol. The molecule has 2 aromatic heterocycles. The van der Waals surface area contributed by atoms with Gasteiger partial charge in [0.2, 0.25) is 0 Å². The van der Waals surface area contributed by atoms with Crippen molar-refractivity contribution in [3.8, 4) is 0 Å². The number of Topliss-reactive ketones (excluding diaryl/α,β-unsaturated/α-hetero) is 1. The molecule has 0 unspecified atom stereocenters. The number of carbonyl (C=O) groups is 2. The Balaban J connectivity index is 1.96. The number of imidazole rings is 1. The Bertz CT molecular complexity index is 1190. The Morgan fingerprint density at radius 1 is 1.15 bits per heavy atom. The summed E-state index contributed by atoms with van der Waals surface area (Å²) in [6.07, 6.45) is 1.87. The number of halogens is 1. The van der Waals surface area contributed by atoms with E-state index in [1.807, 2.05) is 18.4 Å². The number of rotatable bonds is 11. The molecule has 0 saturated heterocycles. The topological polar surface area (TPSA) is 130 Å². The normalized spacial score (nSPS) is 12.5. The summed E-state index contributed by atoms with van der Waals surface area (Å²) in [4.78, 5) is 37.0. The lowest BCUT2D eigenvalue weighted by molar-refractivity contribution is -0.136. The van der Waals surface area contributed by atoms with E-state index in [0.717, 1.165) is 0 Å². The zero-order valence-corrected chi connectivity index (χ0v) is 20.5. The van der Waals surface area contributed by atoms with Crippen molar-refractivity contribution in [3.63, 3.8) is 0 Å². The van der Waals surface area contributed by atoms with E-state index in [4.69, 9.17) is 26.7 Å². The van der Waals surface area contributed by atoms with Crippen molar-refractivity contribution < 1.29 is 19.8 Å². The third kappa shape index (κ3) is 5.90. The summed E-state index contributed by atoms with van der Waals surface area (Å²) in [5.74, 6) is 0.0164. The van der Waals surface area contributed by atoms with Crippen LogP contribution in [0, 0.1) is 11.8 Å². The predicted molar refractivity (Wildman–Crippen MR) is 131 cm³/mol. The van der Waals surface area contributed by atoms with E-state index in [0.29, 0.717) is 34.9 Å². The van der Waals surface area contributed by atoms with Gasteiger partial charge in [0.15, 0.2) is 22.8 Å². The highest BCUT2D eigenvalue weighted by molar-refractivity contribution is 6.34. The summed E-state index contributed by atoms with van der Waals surface area (Å²) in [5.41, 5.74) is 2.16. The van der Waals surface area contributed by atoms with Gasteiger partial charge in [0.05, 0.1) is 17.8 Å². The molecule has 0 saturated carbocycles. The maximum Gasteiger partial charge on any atom is 0.303 e. The minimum absolute atomic E-state index is 0.0197. The number of nitrogens with zero attached hydrogens (tertiary/aromatic N) is 4. The number of hydrogen-bond acceptors (Lipinski definition) is 7. The maximum atomic E-state index is 12.3. The van der Waals surface area contributed by atoms with Crippen molar-refractivity contribution in [1.29, 1.82) is 0 Å². The molecule has 10 heteroatoms. The minimum Gasteiger partial charge on any atom is -0.481 e. The molecular formula is C24H30ClN5O4. The van der Waals surface area contributed by atoms with E-state index in [1.54, 1.807) is 24.5 Å². The standard InChI is InChI=1S/C24H30ClN5O4/c1-13(2)15(11-31)9-20-28-23(22-24(29-20)30(12-26-22)14(3)4)27-16-5-6-17(18(25)10-16)19(32)7-8-21(33)34/h5-6,10,12-15,31H,7-9,11H2,1-4H3,(H,33,34)(H,27,28,29)/t15-/m0/s1. The van der Waals surface area contributed by atoms with Crippen LogP contribution in [0.4, 0.5) is 11.5 Å². The lowest BCUT2D eigenvalue weighted by Crippen LogP contribution is -2.18. The first-order chi connectivity index (χ1) is 16.1. The molecule has 34 heavy (non-hydrogen) atoms. The van der Waals surface area contributed by atoms with Gasteiger partial charge in [0.25, 0.3) is 0 Å². The van der Waals surface area contributed by atoms with Gasteiger partial charge in [-0.15, -0.1) is 0 Å². The molecule has 1 aromatic carbocycles. The van der Waals surface area contributed by atoms with Gasteiger partial charge >= 0.3 is 5.97 Å². The van der Waals surface area contributed by atoms with Crippen molar-refractivity contribution in [2.45, 2.75) is 53.0 Å². The highest BCUT2D eigenvalue weighted by Gasteiger charge is 2.20. The van der Waals surface area contributed by atoms with Gasteiger partial charge in [-0.05, 0) is 43.9 Å². The summed E-state index contributed by atoms with van der Waals surface area (Å²) in [6.45, 7) is 8.23. The van der Waals surface area contributed by atoms with Crippen LogP contribution in [0.15, 0.2) is 24.5 Å². The smallest absolute Gasteiger partial charge is 0.303 e. The van der Waals surface area contributed by atoms with Gasteiger partial charge in [-0.25, -0.2) is 15.0 Å². The molecule has 2 heterocycles. The van der Waals surface area contributed by atoms with Gasteiger partial charge in [0.1, 0.15) is 5.82 Å². The molecule has 3 aromatic rings. The van der Waals surface area contributed by atoms with Gasteiger partial charge in [-0.1, -0.05) is 25.4 Å². The Hall–Kier alpha value is -3.04. The third-order valence-corrected chi connectivity index (χ3v) is 6.06. The van der Waals surface area contributed by atoms with Crippen molar-refractivity contribution in [1.82, 2.24) is 19.5 Å². The van der Waals surface area contributed by atoms with Crippen molar-refractivity contribution in [2.75, 3.05) is 11.9 Å². The minimum atomic E-state index is -1.03. The highest BCUT2D eigenvalue weighted by Crippen LogP contribution is 2.29. The molecule has 0 fully saturated rings. The third-order valence-electron chi connectivity index (χ3n) is 5.74. The number of anilines is 2. The zero-order chi connectivity index (χ0) is 25.0. The van der Waals surface area contributed by atoms with E-state index >= 15 is 0 Å². The average molecular weight is 488 g/mol. The fourth-order valence-electron chi connectivity index (χ4n) is 3.57. The summed E-state index contributed by atoms with van der Waals surface area (Å²) in [7, 11) is 0. The summed E-state index contributed by atoms with van der Waals surface area (Å²) >= 11 is 6.33. The van der Waals surface area contributed by atoms with Crippen LogP contribution in [-0.2, 0) is 11.2 Å². The Kier molecular flexibility index (Phi) is 8.22. The van der Waals surface area contributed by atoms with Crippen LogP contribution >= 0.6 is 11.6 Å². The van der Waals surface area contributed by atoms with Crippen LogP contribution in [0.25, 0.3) is 11.2 Å². The number of carbonyl (C=O) groups excluding carboxylic acids is 1. The van der Waals surface area contributed by atoms with E-state index < -0.39 is 5.97 Å². The van der Waals surface area contributed by atoms with Crippen LogP contribution in [0.1, 0.15) is 62.8 Å². The molecule has 0 aliphatic heterocycles. The van der Waals surface area contributed by atoms with Crippen molar-refractivity contribution in [3.05, 3.63) is 40.9 Å². The number of ketones is 1. The van der Waals surface area contributed by atoms with Crippen LogP contribution < -0.4 is 5.32 Å². The molecule has 0 aliphatic rings. The fourth-order valence-corrected chi connectivity index (χ4v) is 3.86. The second-order valence-corrected chi connectivity index (χ2v) is 9.34. The van der Waals surface area contributed by atoms with Gasteiger partial charge in [-0.3, -0.25) is 9.59 Å². The summed E-state index contributed by atoms with van der Waals surface area (Å²) < 4.78 is 1.96. The first kappa shape index (κ1) is 25.6. The lowest BCUT2D eigenvalue weighted by atomic mass is 9.93. The predicted octanol–water partition coefficient (Wildman–Crippen LogP) is 4.66. The summed E-state index contributed by atoms with van der Waals surface area (Å²) in [6, 6.07) is 5.01. The number of aromatic nitrogens is 4. The van der Waals surface area contributed by atoms with Crippen LogP contribution in [0.2, 0.25) is 5.02 Å². The number of benzene rings is 1. The fraction of sp³-hybridized carbons (Fsp3) is 0.458. The SMILES string of the molecule is CC(C)[C@H](CO)Cc1nc(Nc2ccc(C(=O)CCC(=O)O)c(Cl)c2)c2ncn(C(C)C)c2n1. The molecule has 0 bridgehead atoms. The zero-order valence-electron chi connectivity index (χ0n) is 19.7. The number of carboxylic acids is 1. The Morgan fingerprint density at radius 2 is 1.88 bits per heavy atom.